The standard InChI is InChI=1S/C22H31NO5/c24-21(22-14-17-11-18(15-22)13-19(12-17)16-22)28-10-8-26-6-5-25-7-9-27-20-1-3-23-4-2-20/h1-4,17-19H,5-16H2. The summed E-state index contributed by atoms with van der Waals surface area (Å²) in [4.78, 5) is 16.6. The lowest BCUT2D eigenvalue weighted by Crippen LogP contribution is -2.50. The van der Waals surface area contributed by atoms with Gasteiger partial charge in [0.15, 0.2) is 0 Å². The lowest BCUT2D eigenvalue weighted by atomic mass is 9.49. The van der Waals surface area contributed by atoms with Crippen molar-refractivity contribution in [1.29, 1.82) is 0 Å². The van der Waals surface area contributed by atoms with Crippen molar-refractivity contribution in [3.8, 4) is 5.75 Å². The first-order chi connectivity index (χ1) is 13.7. The largest absolute Gasteiger partial charge is 0.491 e. The van der Waals surface area contributed by atoms with E-state index in [4.69, 9.17) is 18.9 Å². The summed E-state index contributed by atoms with van der Waals surface area (Å²) in [6.45, 7) is 2.76. The Balaban J connectivity index is 1.02. The van der Waals surface area contributed by atoms with Crippen molar-refractivity contribution in [2.75, 3.05) is 39.6 Å². The molecule has 1 aromatic heterocycles. The molecule has 28 heavy (non-hydrogen) atoms. The van der Waals surface area contributed by atoms with Gasteiger partial charge >= 0.3 is 5.97 Å². The van der Waals surface area contributed by atoms with Gasteiger partial charge in [-0.15, -0.1) is 0 Å². The maximum absolute atomic E-state index is 12.7. The molecule has 4 fully saturated rings. The third-order valence-corrected chi connectivity index (χ3v) is 6.45. The second-order valence-electron chi connectivity index (χ2n) is 8.59. The van der Waals surface area contributed by atoms with Crippen molar-refractivity contribution in [2.45, 2.75) is 38.5 Å². The summed E-state index contributed by atoms with van der Waals surface area (Å²) < 4.78 is 22.1. The van der Waals surface area contributed by atoms with E-state index in [1.165, 1.54) is 19.3 Å². The Hall–Kier alpha value is -1.66. The molecule has 4 aliphatic rings. The number of aromatic nitrogens is 1. The number of hydrogen-bond donors (Lipinski definition) is 0. The van der Waals surface area contributed by atoms with E-state index < -0.39 is 0 Å². The van der Waals surface area contributed by atoms with E-state index in [0.717, 1.165) is 42.8 Å². The molecule has 4 aliphatic carbocycles. The van der Waals surface area contributed by atoms with Crippen molar-refractivity contribution >= 4 is 5.97 Å². The van der Waals surface area contributed by atoms with Crippen LogP contribution < -0.4 is 4.74 Å². The summed E-state index contributed by atoms with van der Waals surface area (Å²) in [7, 11) is 0. The zero-order valence-corrected chi connectivity index (χ0v) is 16.5. The number of pyridine rings is 1. The van der Waals surface area contributed by atoms with Crippen LogP contribution in [-0.4, -0.2) is 50.6 Å². The maximum atomic E-state index is 12.7. The number of rotatable bonds is 11. The van der Waals surface area contributed by atoms with Gasteiger partial charge in [0.2, 0.25) is 0 Å². The first-order valence-electron chi connectivity index (χ1n) is 10.6. The predicted octanol–water partition coefficient (Wildman–Crippen LogP) is 3.25. The SMILES string of the molecule is O=C(OCCOCCOCCOc1ccncc1)C12CC3CC(CC(C3)C1)C2. The molecule has 0 saturated heterocycles. The zero-order chi connectivity index (χ0) is 19.2. The quantitative estimate of drug-likeness (QED) is 0.428. The van der Waals surface area contributed by atoms with Crippen LogP contribution in [0, 0.1) is 23.2 Å². The molecule has 0 unspecified atom stereocenters. The van der Waals surface area contributed by atoms with Crippen molar-refractivity contribution in [3.05, 3.63) is 24.5 Å². The van der Waals surface area contributed by atoms with E-state index in [0.29, 0.717) is 39.6 Å². The summed E-state index contributed by atoms with van der Waals surface area (Å²) in [6, 6.07) is 3.63. The van der Waals surface area contributed by atoms with E-state index in [2.05, 4.69) is 4.98 Å². The van der Waals surface area contributed by atoms with Crippen LogP contribution in [0.2, 0.25) is 0 Å². The molecule has 4 saturated carbocycles. The third-order valence-electron chi connectivity index (χ3n) is 6.45. The zero-order valence-electron chi connectivity index (χ0n) is 16.5. The van der Waals surface area contributed by atoms with Gasteiger partial charge in [0.25, 0.3) is 0 Å². The van der Waals surface area contributed by atoms with Gasteiger partial charge in [0.1, 0.15) is 19.0 Å². The van der Waals surface area contributed by atoms with Crippen LogP contribution >= 0.6 is 0 Å². The van der Waals surface area contributed by atoms with Crippen molar-refractivity contribution in [3.63, 3.8) is 0 Å². The summed E-state index contributed by atoms with van der Waals surface area (Å²) in [5.41, 5.74) is -0.174. The molecular formula is C22H31NO5. The van der Waals surface area contributed by atoms with Gasteiger partial charge in [0.05, 0.1) is 31.8 Å². The smallest absolute Gasteiger partial charge is 0.312 e. The Labute approximate surface area is 166 Å². The number of carbonyl (C=O) groups is 1. The van der Waals surface area contributed by atoms with Crippen LogP contribution in [0.3, 0.4) is 0 Å². The minimum absolute atomic E-state index is 0.0275. The summed E-state index contributed by atoms with van der Waals surface area (Å²) >= 11 is 0. The van der Waals surface area contributed by atoms with Crippen molar-refractivity contribution < 1.29 is 23.7 Å². The number of esters is 1. The first kappa shape index (κ1) is 19.6. The average Bonchev–Trinajstić information content (AvgIpc) is 2.69. The van der Waals surface area contributed by atoms with Crippen LogP contribution in [-0.2, 0) is 19.0 Å². The molecule has 0 spiro atoms. The predicted molar refractivity (Wildman–Crippen MR) is 103 cm³/mol. The summed E-state index contributed by atoms with van der Waals surface area (Å²) in [6.07, 6.45) is 10.5. The molecule has 1 heterocycles. The fourth-order valence-electron chi connectivity index (χ4n) is 5.68. The second-order valence-corrected chi connectivity index (χ2v) is 8.59. The highest BCUT2D eigenvalue weighted by atomic mass is 16.6. The number of carbonyl (C=O) groups excluding carboxylic acids is 1. The Kier molecular flexibility index (Phi) is 6.47. The first-order valence-corrected chi connectivity index (χ1v) is 10.6. The monoisotopic (exact) mass is 389 g/mol. The van der Waals surface area contributed by atoms with Crippen molar-refractivity contribution in [2.24, 2.45) is 23.2 Å². The fourth-order valence-corrected chi connectivity index (χ4v) is 5.68. The average molecular weight is 389 g/mol. The van der Waals surface area contributed by atoms with E-state index in [9.17, 15) is 4.79 Å². The molecule has 154 valence electrons. The fraction of sp³-hybridized carbons (Fsp3) is 0.727. The van der Waals surface area contributed by atoms with Crippen LogP contribution in [0.5, 0.6) is 5.75 Å². The molecule has 0 aromatic carbocycles. The number of hydrogen-bond acceptors (Lipinski definition) is 6. The van der Waals surface area contributed by atoms with E-state index in [1.807, 2.05) is 12.1 Å². The number of nitrogens with zero attached hydrogens (tertiary/aromatic N) is 1. The lowest BCUT2D eigenvalue weighted by molar-refractivity contribution is -0.173. The third kappa shape index (κ3) is 4.84. The van der Waals surface area contributed by atoms with Crippen LogP contribution in [0.4, 0.5) is 0 Å². The Morgan fingerprint density at radius 1 is 0.857 bits per heavy atom. The molecule has 0 atom stereocenters. The highest BCUT2D eigenvalue weighted by Crippen LogP contribution is 2.60. The molecule has 6 heteroatoms. The minimum atomic E-state index is -0.174. The highest BCUT2D eigenvalue weighted by Gasteiger charge is 2.55. The van der Waals surface area contributed by atoms with E-state index in [1.54, 1.807) is 12.4 Å². The molecule has 0 radical (unpaired) electrons. The molecule has 6 nitrogen and oxygen atoms in total. The summed E-state index contributed by atoms with van der Waals surface area (Å²) in [5, 5.41) is 0. The van der Waals surface area contributed by atoms with Crippen LogP contribution in [0.15, 0.2) is 24.5 Å². The van der Waals surface area contributed by atoms with Gasteiger partial charge < -0.3 is 18.9 Å². The number of ether oxygens (including phenoxy) is 4. The Morgan fingerprint density at radius 3 is 2.00 bits per heavy atom. The Bertz CT molecular complexity index is 600. The molecular weight excluding hydrogens is 358 g/mol. The molecule has 0 N–H and O–H groups in total. The highest BCUT2D eigenvalue weighted by molar-refractivity contribution is 5.77. The van der Waals surface area contributed by atoms with Gasteiger partial charge in [-0.25, -0.2) is 0 Å². The Morgan fingerprint density at radius 2 is 1.39 bits per heavy atom. The van der Waals surface area contributed by atoms with Crippen LogP contribution in [0.1, 0.15) is 38.5 Å². The minimum Gasteiger partial charge on any atom is -0.491 e. The van der Waals surface area contributed by atoms with Gasteiger partial charge in [-0.3, -0.25) is 9.78 Å². The normalized spacial score (nSPS) is 30.4. The van der Waals surface area contributed by atoms with Gasteiger partial charge in [-0.2, -0.15) is 0 Å². The van der Waals surface area contributed by atoms with E-state index >= 15 is 0 Å². The molecule has 0 aliphatic heterocycles. The second kappa shape index (κ2) is 9.23. The van der Waals surface area contributed by atoms with Gasteiger partial charge in [-0.1, -0.05) is 0 Å². The molecule has 4 bridgehead atoms. The lowest BCUT2D eigenvalue weighted by Gasteiger charge is -2.55. The van der Waals surface area contributed by atoms with Crippen molar-refractivity contribution in [1.82, 2.24) is 4.98 Å². The van der Waals surface area contributed by atoms with Crippen LogP contribution in [0.25, 0.3) is 0 Å². The molecule has 0 amide bonds. The van der Waals surface area contributed by atoms with E-state index in [-0.39, 0.29) is 11.4 Å². The van der Waals surface area contributed by atoms with Gasteiger partial charge in [0, 0.05) is 12.4 Å². The van der Waals surface area contributed by atoms with Gasteiger partial charge in [-0.05, 0) is 68.4 Å². The maximum Gasteiger partial charge on any atom is 0.312 e. The molecule has 5 rings (SSSR count). The summed E-state index contributed by atoms with van der Waals surface area (Å²) in [5.74, 6) is 3.09. The molecule has 1 aromatic rings. The topological polar surface area (TPSA) is 66.9 Å².